The fraction of sp³-hybridized carbons (Fsp3) is 0.846. The first kappa shape index (κ1) is 17.2. The molecule has 3 unspecified atom stereocenters. The summed E-state index contributed by atoms with van der Waals surface area (Å²) in [4.78, 5) is 25.8. The average molecular weight is 306 g/mol. The largest absolute Gasteiger partial charge is 0.380 e. The molecule has 0 aromatic carbocycles. The summed E-state index contributed by atoms with van der Waals surface area (Å²) < 4.78 is 5.15. The number of methoxy groups -OCH3 is 1. The molecule has 2 amide bonds. The van der Waals surface area contributed by atoms with Crippen molar-refractivity contribution in [2.45, 2.75) is 50.3 Å². The Kier molecular flexibility index (Phi) is 6.71. The summed E-state index contributed by atoms with van der Waals surface area (Å²) in [6, 6.07) is 0.270. The Morgan fingerprint density at radius 2 is 2.20 bits per heavy atom. The van der Waals surface area contributed by atoms with Gasteiger partial charge in [0.25, 0.3) is 0 Å². The number of hydrogen-bond donors (Lipinski definition) is 2. The quantitative estimate of drug-likeness (QED) is 0.768. The van der Waals surface area contributed by atoms with Crippen LogP contribution in [0.15, 0.2) is 0 Å². The van der Waals surface area contributed by atoms with E-state index >= 15 is 0 Å². The van der Waals surface area contributed by atoms with Crippen LogP contribution in [-0.2, 0) is 14.3 Å². The normalized spacial score (nSPS) is 27.1. The van der Waals surface area contributed by atoms with Crippen LogP contribution in [0.1, 0.15) is 32.1 Å². The van der Waals surface area contributed by atoms with Crippen LogP contribution in [0.3, 0.4) is 0 Å². The van der Waals surface area contributed by atoms with Gasteiger partial charge in [-0.2, -0.15) is 0 Å². The lowest BCUT2D eigenvalue weighted by atomic mass is 9.87. The van der Waals surface area contributed by atoms with Crippen LogP contribution < -0.4 is 11.1 Å². The summed E-state index contributed by atoms with van der Waals surface area (Å²) in [7, 11) is 1.55. The molecule has 3 N–H and O–H groups in total. The highest BCUT2D eigenvalue weighted by Crippen LogP contribution is 2.26. The minimum Gasteiger partial charge on any atom is -0.380 e. The van der Waals surface area contributed by atoms with Crippen LogP contribution in [0.5, 0.6) is 0 Å². The zero-order chi connectivity index (χ0) is 13.8. The molecule has 3 atom stereocenters. The number of halogens is 1. The van der Waals surface area contributed by atoms with Crippen molar-refractivity contribution in [1.82, 2.24) is 10.2 Å². The molecule has 1 saturated carbocycles. The molecule has 1 heterocycles. The van der Waals surface area contributed by atoms with Crippen molar-refractivity contribution in [2.75, 3.05) is 20.2 Å². The van der Waals surface area contributed by atoms with Crippen molar-refractivity contribution >= 4 is 24.2 Å². The Morgan fingerprint density at radius 3 is 2.85 bits per heavy atom. The van der Waals surface area contributed by atoms with Crippen molar-refractivity contribution in [1.29, 1.82) is 0 Å². The monoisotopic (exact) mass is 305 g/mol. The van der Waals surface area contributed by atoms with Crippen molar-refractivity contribution in [3.8, 4) is 0 Å². The summed E-state index contributed by atoms with van der Waals surface area (Å²) in [5.74, 6) is -0.0812. The van der Waals surface area contributed by atoms with Gasteiger partial charge in [0.05, 0.1) is 25.1 Å². The second-order valence-corrected chi connectivity index (χ2v) is 5.34. The van der Waals surface area contributed by atoms with Crippen LogP contribution >= 0.6 is 12.4 Å². The second kappa shape index (κ2) is 7.81. The first-order chi connectivity index (χ1) is 9.15. The Labute approximate surface area is 125 Å². The van der Waals surface area contributed by atoms with E-state index < -0.39 is 0 Å². The third-order valence-corrected chi connectivity index (χ3v) is 4.11. The summed E-state index contributed by atoms with van der Waals surface area (Å²) in [5.41, 5.74) is 5.55. The van der Waals surface area contributed by atoms with Crippen molar-refractivity contribution in [3.05, 3.63) is 0 Å². The SMILES string of the molecule is COC(CN)CC(=O)N1CC(=O)NC2CCCCC21.Cl. The highest BCUT2D eigenvalue weighted by Gasteiger charge is 2.38. The molecule has 2 fully saturated rings. The number of nitrogens with zero attached hydrogens (tertiary/aromatic N) is 1. The van der Waals surface area contributed by atoms with E-state index in [1.807, 2.05) is 0 Å². The molecule has 20 heavy (non-hydrogen) atoms. The Bertz CT molecular complexity index is 350. The minimum atomic E-state index is -0.264. The summed E-state index contributed by atoms with van der Waals surface area (Å²) >= 11 is 0. The predicted octanol–water partition coefficient (Wildman–Crippen LogP) is 0.0416. The molecule has 0 bridgehead atoms. The molecule has 2 aliphatic rings. The summed E-state index contributed by atoms with van der Waals surface area (Å²) in [5, 5.41) is 3.00. The Balaban J connectivity index is 0.00000200. The van der Waals surface area contributed by atoms with E-state index in [9.17, 15) is 9.59 Å². The van der Waals surface area contributed by atoms with E-state index in [1.165, 1.54) is 0 Å². The standard InChI is InChI=1S/C13H23N3O3.ClH/c1-19-9(7-14)6-13(18)16-8-12(17)15-10-4-2-3-5-11(10)16;/h9-11H,2-8,14H2,1H3,(H,15,17);1H. The highest BCUT2D eigenvalue weighted by molar-refractivity contribution is 5.87. The number of hydrogen-bond acceptors (Lipinski definition) is 4. The predicted molar refractivity (Wildman–Crippen MR) is 77.6 cm³/mol. The molecule has 116 valence electrons. The topological polar surface area (TPSA) is 84.7 Å². The lowest BCUT2D eigenvalue weighted by Crippen LogP contribution is -2.63. The van der Waals surface area contributed by atoms with Gasteiger partial charge in [0, 0.05) is 19.7 Å². The second-order valence-electron chi connectivity index (χ2n) is 5.34. The molecule has 1 aliphatic carbocycles. The third kappa shape index (κ3) is 3.84. The first-order valence-corrected chi connectivity index (χ1v) is 6.97. The number of rotatable bonds is 4. The van der Waals surface area contributed by atoms with Crippen LogP contribution in [0.25, 0.3) is 0 Å². The molecule has 0 aromatic heterocycles. The molecule has 0 spiro atoms. The van der Waals surface area contributed by atoms with Gasteiger partial charge in [0.15, 0.2) is 0 Å². The van der Waals surface area contributed by atoms with Gasteiger partial charge in [-0.1, -0.05) is 12.8 Å². The highest BCUT2D eigenvalue weighted by atomic mass is 35.5. The molecular formula is C13H24ClN3O3. The fourth-order valence-electron chi connectivity index (χ4n) is 3.03. The lowest BCUT2D eigenvalue weighted by molar-refractivity contribution is -0.146. The smallest absolute Gasteiger partial charge is 0.239 e. The van der Waals surface area contributed by atoms with Gasteiger partial charge in [0.1, 0.15) is 0 Å². The van der Waals surface area contributed by atoms with Gasteiger partial charge < -0.3 is 20.7 Å². The molecule has 6 nitrogen and oxygen atoms in total. The van der Waals surface area contributed by atoms with E-state index in [0.29, 0.717) is 6.54 Å². The molecule has 2 rings (SSSR count). The average Bonchev–Trinajstić information content (AvgIpc) is 2.43. The van der Waals surface area contributed by atoms with Gasteiger partial charge >= 0.3 is 0 Å². The Morgan fingerprint density at radius 1 is 1.50 bits per heavy atom. The van der Waals surface area contributed by atoms with E-state index in [-0.39, 0.29) is 55.4 Å². The number of carbonyl (C=O) groups excluding carboxylic acids is 2. The number of amides is 2. The molecule has 0 aromatic rings. The number of ether oxygens (including phenoxy) is 1. The molecule has 1 saturated heterocycles. The zero-order valence-corrected chi connectivity index (χ0v) is 12.7. The third-order valence-electron chi connectivity index (χ3n) is 4.11. The molecule has 0 radical (unpaired) electrons. The molecular weight excluding hydrogens is 282 g/mol. The van der Waals surface area contributed by atoms with Gasteiger partial charge in [0.2, 0.25) is 11.8 Å². The van der Waals surface area contributed by atoms with Gasteiger partial charge in [-0.05, 0) is 12.8 Å². The molecule has 7 heteroatoms. The van der Waals surface area contributed by atoms with Crippen LogP contribution in [0.4, 0.5) is 0 Å². The summed E-state index contributed by atoms with van der Waals surface area (Å²) in [6.45, 7) is 0.484. The van der Waals surface area contributed by atoms with E-state index in [4.69, 9.17) is 10.5 Å². The van der Waals surface area contributed by atoms with E-state index in [0.717, 1.165) is 25.7 Å². The maximum atomic E-state index is 12.3. The van der Waals surface area contributed by atoms with Crippen molar-refractivity contribution in [3.63, 3.8) is 0 Å². The number of nitrogens with two attached hydrogens (primary N) is 1. The van der Waals surface area contributed by atoms with Crippen LogP contribution in [-0.4, -0.2) is 55.1 Å². The number of piperazine rings is 1. The lowest BCUT2D eigenvalue weighted by Gasteiger charge is -2.44. The van der Waals surface area contributed by atoms with Crippen LogP contribution in [0, 0.1) is 0 Å². The van der Waals surface area contributed by atoms with Crippen molar-refractivity contribution < 1.29 is 14.3 Å². The summed E-state index contributed by atoms with van der Waals surface area (Å²) in [6.07, 6.45) is 4.16. The Hall–Kier alpha value is -0.850. The van der Waals surface area contributed by atoms with E-state index in [1.54, 1.807) is 12.0 Å². The minimum absolute atomic E-state index is 0. The first-order valence-electron chi connectivity index (χ1n) is 6.97. The van der Waals surface area contributed by atoms with Crippen molar-refractivity contribution in [2.24, 2.45) is 5.73 Å². The number of fused-ring (bicyclic) bond motifs is 1. The fourth-order valence-corrected chi connectivity index (χ4v) is 3.03. The van der Waals surface area contributed by atoms with E-state index in [2.05, 4.69) is 5.32 Å². The molecule has 1 aliphatic heterocycles. The maximum absolute atomic E-state index is 12.3. The van der Waals surface area contributed by atoms with Gasteiger partial charge in [-0.3, -0.25) is 9.59 Å². The number of carbonyl (C=O) groups is 2. The maximum Gasteiger partial charge on any atom is 0.239 e. The van der Waals surface area contributed by atoms with Crippen LogP contribution in [0.2, 0.25) is 0 Å². The van der Waals surface area contributed by atoms with Gasteiger partial charge in [-0.25, -0.2) is 0 Å². The van der Waals surface area contributed by atoms with Gasteiger partial charge in [-0.15, -0.1) is 12.4 Å². The zero-order valence-electron chi connectivity index (χ0n) is 11.8. The number of nitrogens with one attached hydrogen (secondary N) is 1.